The second-order valence-corrected chi connectivity index (χ2v) is 8.30. The summed E-state index contributed by atoms with van der Waals surface area (Å²) in [6, 6.07) is 5.37. The number of piperidine rings is 1. The molecule has 3 rings (SSSR count). The second kappa shape index (κ2) is 6.96. The lowest BCUT2D eigenvalue weighted by atomic mass is 9.85. The lowest BCUT2D eigenvalue weighted by molar-refractivity contribution is -0.994. The first kappa shape index (κ1) is 18.8. The minimum absolute atomic E-state index is 0.0896. The summed E-state index contributed by atoms with van der Waals surface area (Å²) in [6.45, 7) is 7.27. The normalized spacial score (nSPS) is 27.9. The molecule has 1 aromatic rings. The maximum Gasteiger partial charge on any atom is 0.524 e. The van der Waals surface area contributed by atoms with Crippen LogP contribution in [0.5, 0.6) is 0 Å². The Morgan fingerprint density at radius 1 is 1.42 bits per heavy atom. The van der Waals surface area contributed by atoms with Crippen molar-refractivity contribution in [2.45, 2.75) is 58.2 Å². The summed E-state index contributed by atoms with van der Waals surface area (Å²) >= 11 is 0. The first-order valence-corrected chi connectivity index (χ1v) is 9.22. The molecule has 1 aromatic heterocycles. The van der Waals surface area contributed by atoms with E-state index in [1.165, 1.54) is 0 Å². The van der Waals surface area contributed by atoms with Crippen LogP contribution in [-0.2, 0) is 16.0 Å². The van der Waals surface area contributed by atoms with Crippen molar-refractivity contribution in [3.63, 3.8) is 0 Å². The largest absolute Gasteiger partial charge is 0.524 e. The maximum absolute atomic E-state index is 12.1. The van der Waals surface area contributed by atoms with Crippen LogP contribution >= 0.6 is 0 Å². The zero-order valence-corrected chi connectivity index (χ0v) is 15.7. The Hall–Kier alpha value is -1.99. The number of fused-ring (bicyclic) bond motifs is 1. The minimum Gasteiger partial charge on any atom is -0.366 e. The summed E-state index contributed by atoms with van der Waals surface area (Å²) in [4.78, 5) is 28.3. The van der Waals surface area contributed by atoms with E-state index in [0.29, 0.717) is 22.5 Å². The van der Waals surface area contributed by atoms with Crippen LogP contribution in [0.15, 0.2) is 24.4 Å². The van der Waals surface area contributed by atoms with E-state index >= 15 is 0 Å². The van der Waals surface area contributed by atoms with E-state index in [0.717, 1.165) is 24.4 Å². The smallest absolute Gasteiger partial charge is 0.366 e. The molecule has 2 fully saturated rings. The van der Waals surface area contributed by atoms with Gasteiger partial charge in [0.2, 0.25) is 0 Å². The minimum atomic E-state index is -0.352. The third-order valence-electron chi connectivity index (χ3n) is 5.77. The molecule has 0 spiro atoms. The van der Waals surface area contributed by atoms with Gasteiger partial charge in [-0.15, -0.1) is 0 Å². The van der Waals surface area contributed by atoms with Crippen molar-refractivity contribution in [3.8, 4) is 0 Å². The number of hydrogen-bond acceptors (Lipinski definition) is 5. The van der Waals surface area contributed by atoms with Crippen molar-refractivity contribution in [2.24, 2.45) is 5.92 Å². The standard InChI is InChI=1S/C19H28N3O4/c1-19(2,3)22-11-8-14(12-17(22)26-18(22)24)7-10-21(25)16(23)13-15-6-4-5-9-20-15/h4-6,9,14,17,25H,7-8,10-13H2,1-3H3/q+1. The second-order valence-electron chi connectivity index (χ2n) is 8.30. The van der Waals surface area contributed by atoms with Crippen LogP contribution in [0.4, 0.5) is 4.79 Å². The van der Waals surface area contributed by atoms with Crippen LogP contribution in [0, 0.1) is 5.92 Å². The summed E-state index contributed by atoms with van der Waals surface area (Å²) in [5.41, 5.74) is 0.468. The van der Waals surface area contributed by atoms with Crippen LogP contribution in [0.25, 0.3) is 0 Å². The number of aromatic nitrogens is 1. The van der Waals surface area contributed by atoms with Gasteiger partial charge in [-0.1, -0.05) is 6.07 Å². The fraction of sp³-hybridized carbons (Fsp3) is 0.632. The molecule has 142 valence electrons. The lowest BCUT2D eigenvalue weighted by Crippen LogP contribution is -2.79. The highest BCUT2D eigenvalue weighted by Crippen LogP contribution is 2.46. The molecule has 7 nitrogen and oxygen atoms in total. The van der Waals surface area contributed by atoms with Crippen LogP contribution in [0.3, 0.4) is 0 Å². The molecule has 3 atom stereocenters. The number of carbonyl (C=O) groups excluding carboxylic acids is 2. The van der Waals surface area contributed by atoms with Gasteiger partial charge in [0.25, 0.3) is 12.1 Å². The molecule has 0 aliphatic carbocycles. The number of quaternary nitrogens is 1. The molecular weight excluding hydrogens is 334 g/mol. The Morgan fingerprint density at radius 3 is 2.77 bits per heavy atom. The first-order valence-electron chi connectivity index (χ1n) is 9.22. The highest BCUT2D eigenvalue weighted by atomic mass is 16.6. The van der Waals surface area contributed by atoms with Gasteiger partial charge in [-0.25, -0.2) is 5.06 Å². The fourth-order valence-corrected chi connectivity index (χ4v) is 4.10. The number of amides is 2. The van der Waals surface area contributed by atoms with E-state index < -0.39 is 0 Å². The van der Waals surface area contributed by atoms with E-state index in [4.69, 9.17) is 4.74 Å². The number of nitrogens with zero attached hydrogens (tertiary/aromatic N) is 3. The van der Waals surface area contributed by atoms with E-state index in [-0.39, 0.29) is 36.7 Å². The Bertz CT molecular complexity index is 673. The lowest BCUT2D eigenvalue weighted by Gasteiger charge is -2.57. The van der Waals surface area contributed by atoms with Gasteiger partial charge in [-0.2, -0.15) is 9.28 Å². The van der Waals surface area contributed by atoms with Gasteiger partial charge in [0.15, 0.2) is 0 Å². The third-order valence-corrected chi connectivity index (χ3v) is 5.77. The molecule has 3 heterocycles. The molecule has 0 radical (unpaired) electrons. The molecule has 0 aromatic carbocycles. The summed E-state index contributed by atoms with van der Waals surface area (Å²) < 4.78 is 5.81. The molecular formula is C19H28N3O4+. The first-order chi connectivity index (χ1) is 12.2. The van der Waals surface area contributed by atoms with Crippen molar-refractivity contribution in [1.29, 1.82) is 0 Å². The highest BCUT2D eigenvalue weighted by molar-refractivity contribution is 5.77. The molecule has 2 amide bonds. The number of carbonyl (C=O) groups is 2. The van der Waals surface area contributed by atoms with Crippen molar-refractivity contribution in [1.82, 2.24) is 10.0 Å². The summed E-state index contributed by atoms with van der Waals surface area (Å²) in [5, 5.41) is 10.8. The predicted octanol–water partition coefficient (Wildman–Crippen LogP) is 2.73. The van der Waals surface area contributed by atoms with Crippen molar-refractivity contribution in [3.05, 3.63) is 30.1 Å². The van der Waals surface area contributed by atoms with Crippen LogP contribution in [0.1, 0.15) is 45.7 Å². The molecule has 0 bridgehead atoms. The van der Waals surface area contributed by atoms with Gasteiger partial charge in [-0.05, 0) is 45.2 Å². The van der Waals surface area contributed by atoms with Gasteiger partial charge < -0.3 is 4.74 Å². The topological polar surface area (TPSA) is 79.7 Å². The Morgan fingerprint density at radius 2 is 2.19 bits per heavy atom. The summed E-state index contributed by atoms with van der Waals surface area (Å²) in [6.07, 6.45) is 3.87. The predicted molar refractivity (Wildman–Crippen MR) is 93.9 cm³/mol. The zero-order chi connectivity index (χ0) is 18.9. The van der Waals surface area contributed by atoms with Crippen LogP contribution < -0.4 is 0 Å². The third kappa shape index (κ3) is 3.33. The average Bonchev–Trinajstić information content (AvgIpc) is 2.58. The molecule has 26 heavy (non-hydrogen) atoms. The monoisotopic (exact) mass is 362 g/mol. The fourth-order valence-electron chi connectivity index (χ4n) is 4.10. The summed E-state index contributed by atoms with van der Waals surface area (Å²) in [5.74, 6) is -0.0200. The number of hydroxylamine groups is 2. The maximum atomic E-state index is 12.1. The van der Waals surface area contributed by atoms with Crippen LogP contribution in [-0.4, -0.2) is 56.6 Å². The van der Waals surface area contributed by atoms with Gasteiger partial charge in [0, 0.05) is 31.3 Å². The highest BCUT2D eigenvalue weighted by Gasteiger charge is 2.66. The van der Waals surface area contributed by atoms with Gasteiger partial charge in [0.05, 0.1) is 13.0 Å². The van der Waals surface area contributed by atoms with Crippen LogP contribution in [0.2, 0.25) is 0 Å². The molecule has 2 aliphatic heterocycles. The van der Waals surface area contributed by atoms with E-state index in [9.17, 15) is 14.8 Å². The Kier molecular flexibility index (Phi) is 5.03. The quantitative estimate of drug-likeness (QED) is 0.495. The number of hydrogen-bond donors (Lipinski definition) is 1. The molecule has 1 N–H and O–H groups in total. The molecule has 2 aliphatic rings. The number of rotatable bonds is 5. The van der Waals surface area contributed by atoms with Gasteiger partial charge >= 0.3 is 6.09 Å². The van der Waals surface area contributed by atoms with Gasteiger partial charge in [0.1, 0.15) is 5.54 Å². The van der Waals surface area contributed by atoms with Crippen molar-refractivity contribution >= 4 is 12.0 Å². The Labute approximate surface area is 154 Å². The molecule has 0 saturated carbocycles. The van der Waals surface area contributed by atoms with E-state index in [2.05, 4.69) is 25.8 Å². The molecule has 7 heteroatoms. The van der Waals surface area contributed by atoms with E-state index in [1.54, 1.807) is 18.3 Å². The number of pyridine rings is 1. The average molecular weight is 362 g/mol. The van der Waals surface area contributed by atoms with E-state index in [1.807, 2.05) is 6.07 Å². The summed E-state index contributed by atoms with van der Waals surface area (Å²) in [7, 11) is 0. The van der Waals surface area contributed by atoms with Crippen molar-refractivity contribution in [2.75, 3.05) is 13.1 Å². The SMILES string of the molecule is CC(C)(C)[N+]12CCC(CCN(O)C(=O)Cc3ccccn3)CC1OC2=O. The Balaban J connectivity index is 1.49. The number of ether oxygens (including phenoxy) is 1. The molecule has 3 unspecified atom stereocenters. The zero-order valence-electron chi connectivity index (χ0n) is 15.7. The molecule has 2 saturated heterocycles. The van der Waals surface area contributed by atoms with Gasteiger partial charge in [-0.3, -0.25) is 15.0 Å². The van der Waals surface area contributed by atoms with Crippen molar-refractivity contribution < 1.29 is 24.0 Å².